The van der Waals surface area contributed by atoms with Crippen LogP contribution >= 0.6 is 24.0 Å². The number of hydrogen-bond donors (Lipinski definition) is 5. The van der Waals surface area contributed by atoms with E-state index in [0.717, 1.165) is 0 Å². The summed E-state index contributed by atoms with van der Waals surface area (Å²) in [5.41, 5.74) is 4.48. The van der Waals surface area contributed by atoms with Gasteiger partial charge in [0.1, 0.15) is 11.9 Å². The quantitative estimate of drug-likeness (QED) is 0.346. The van der Waals surface area contributed by atoms with E-state index >= 15 is 0 Å². The number of nitrogens with two attached hydrogens (primary N) is 1. The summed E-state index contributed by atoms with van der Waals surface area (Å²) in [6.45, 7) is 4.85. The molecule has 1 heterocycles. The summed E-state index contributed by atoms with van der Waals surface area (Å²) in [5, 5.41) is 20.3. The lowest BCUT2D eigenvalue weighted by atomic mass is 9.88. The number of anilines is 1. The van der Waals surface area contributed by atoms with Crippen molar-refractivity contribution in [2.75, 3.05) is 5.32 Å². The third kappa shape index (κ3) is 5.22. The number of carboxylic acids is 1. The van der Waals surface area contributed by atoms with E-state index in [0.29, 0.717) is 10.8 Å². The van der Waals surface area contributed by atoms with Gasteiger partial charge in [0.05, 0.1) is 9.92 Å². The molecule has 9 nitrogen and oxygen atoms in total. The van der Waals surface area contributed by atoms with Crippen molar-refractivity contribution in [2.24, 2.45) is 11.1 Å². The number of aliphatic carboxylic acids is 1. The van der Waals surface area contributed by atoms with Gasteiger partial charge in [0.25, 0.3) is 0 Å². The minimum Gasteiger partial charge on any atom is -0.480 e. The second kappa shape index (κ2) is 8.48. The maximum atomic E-state index is 12.7. The average Bonchev–Trinajstić information content (AvgIpc) is 2.53. The molecule has 0 saturated carbocycles. The van der Waals surface area contributed by atoms with Gasteiger partial charge in [-0.3, -0.25) is 10.2 Å². The van der Waals surface area contributed by atoms with Gasteiger partial charge in [-0.25, -0.2) is 13.4 Å². The van der Waals surface area contributed by atoms with E-state index in [2.05, 4.69) is 15.0 Å². The summed E-state index contributed by atoms with van der Waals surface area (Å²) in [4.78, 5) is 15.3. The fourth-order valence-electron chi connectivity index (χ4n) is 2.40. The molecule has 0 radical (unpaired) electrons. The van der Waals surface area contributed by atoms with Crippen LogP contribution in [-0.2, 0) is 14.8 Å². The number of guanidine groups is 1. The van der Waals surface area contributed by atoms with Crippen LogP contribution in [0.2, 0.25) is 5.02 Å². The molecule has 0 bridgehead atoms. The summed E-state index contributed by atoms with van der Waals surface area (Å²) in [6, 6.07) is 2.76. The van der Waals surface area contributed by atoms with E-state index in [1.807, 2.05) is 0 Å². The number of benzene rings is 1. The van der Waals surface area contributed by atoms with Crippen LogP contribution in [0.15, 0.2) is 29.3 Å². The Kier molecular flexibility index (Phi) is 7.24. The number of halogens is 2. The zero-order valence-electron chi connectivity index (χ0n) is 15.3. The molecule has 0 spiro atoms. The summed E-state index contributed by atoms with van der Waals surface area (Å²) >= 11 is 6.10. The normalized spacial score (nSPS) is 12.9. The predicted octanol–water partition coefficient (Wildman–Crippen LogP) is 2.39. The van der Waals surface area contributed by atoms with Gasteiger partial charge >= 0.3 is 5.97 Å². The van der Waals surface area contributed by atoms with E-state index < -0.39 is 27.4 Å². The molecule has 2 aromatic rings. The SMILES string of the molecule is CC(C)(C)[C@@H](NS(=O)(=O)c1ccc2c(Cl)cnc(NC(=N)N)c2c1)C(=O)O.Cl. The maximum absolute atomic E-state index is 12.7. The number of hydrogen-bond acceptors (Lipinski definition) is 5. The van der Waals surface area contributed by atoms with E-state index in [-0.39, 0.29) is 34.1 Å². The largest absolute Gasteiger partial charge is 0.480 e. The lowest BCUT2D eigenvalue weighted by molar-refractivity contribution is -0.141. The highest BCUT2D eigenvalue weighted by Gasteiger charge is 2.35. The zero-order chi connectivity index (χ0) is 20.6. The Morgan fingerprint density at radius 1 is 1.32 bits per heavy atom. The average molecular weight is 450 g/mol. The Balaban J connectivity index is 0.00000392. The van der Waals surface area contributed by atoms with Crippen LogP contribution < -0.4 is 15.8 Å². The third-order valence-electron chi connectivity index (χ3n) is 3.76. The standard InChI is InChI=1S/C16H20ClN5O4S.ClH/c1-16(2,3)12(14(23)24)22-27(25,26)8-4-5-9-10(6-8)13(21-15(18)19)20-7-11(9)17;/h4-7,12,22H,1-3H3,(H,23,24)(H4,18,19,20,21);1H/t12-;/m0./s1. The first kappa shape index (κ1) is 23.9. The molecule has 154 valence electrons. The minimum atomic E-state index is -4.15. The number of fused-ring (bicyclic) bond motifs is 1. The molecule has 0 saturated heterocycles. The van der Waals surface area contributed by atoms with Crippen LogP contribution in [0.5, 0.6) is 0 Å². The maximum Gasteiger partial charge on any atom is 0.322 e. The zero-order valence-corrected chi connectivity index (χ0v) is 17.7. The highest BCUT2D eigenvalue weighted by atomic mass is 35.5. The topological polar surface area (TPSA) is 158 Å². The molecule has 0 unspecified atom stereocenters. The first-order valence-electron chi connectivity index (χ1n) is 7.77. The van der Waals surface area contributed by atoms with Crippen molar-refractivity contribution in [3.8, 4) is 0 Å². The molecule has 6 N–H and O–H groups in total. The van der Waals surface area contributed by atoms with Gasteiger partial charge in [-0.2, -0.15) is 4.72 Å². The number of rotatable bonds is 5. The smallest absolute Gasteiger partial charge is 0.322 e. The lowest BCUT2D eigenvalue weighted by Crippen LogP contribution is -2.48. The van der Waals surface area contributed by atoms with Gasteiger partial charge in [0.15, 0.2) is 5.96 Å². The van der Waals surface area contributed by atoms with Crippen LogP contribution in [0.3, 0.4) is 0 Å². The Labute approximate surface area is 173 Å². The monoisotopic (exact) mass is 449 g/mol. The van der Waals surface area contributed by atoms with Crippen LogP contribution in [0.1, 0.15) is 20.8 Å². The van der Waals surface area contributed by atoms with Gasteiger partial charge in [-0.05, 0) is 17.5 Å². The molecule has 0 fully saturated rings. The number of nitrogens with zero attached hydrogens (tertiary/aromatic N) is 1. The van der Waals surface area contributed by atoms with Crippen LogP contribution in [0.4, 0.5) is 5.82 Å². The number of carboxylic acid groups (broad SMARTS) is 1. The van der Waals surface area contributed by atoms with Crippen LogP contribution in [0, 0.1) is 10.8 Å². The fraction of sp³-hybridized carbons (Fsp3) is 0.312. The van der Waals surface area contributed by atoms with Crippen molar-refractivity contribution in [3.05, 3.63) is 29.4 Å². The summed E-state index contributed by atoms with van der Waals surface area (Å²) in [5.74, 6) is -1.50. The molecule has 0 amide bonds. The molecular weight excluding hydrogens is 429 g/mol. The third-order valence-corrected chi connectivity index (χ3v) is 5.48. The number of aromatic nitrogens is 1. The van der Waals surface area contributed by atoms with Gasteiger partial charge in [0.2, 0.25) is 10.0 Å². The van der Waals surface area contributed by atoms with Gasteiger partial charge in [-0.15, -0.1) is 12.4 Å². The second-order valence-corrected chi connectivity index (χ2v) is 9.08. The molecule has 0 aliphatic heterocycles. The Morgan fingerprint density at radius 3 is 2.43 bits per heavy atom. The first-order valence-corrected chi connectivity index (χ1v) is 9.63. The predicted molar refractivity (Wildman–Crippen MR) is 111 cm³/mol. The van der Waals surface area contributed by atoms with Crippen LogP contribution in [-0.4, -0.2) is 36.5 Å². The Morgan fingerprint density at radius 2 is 1.93 bits per heavy atom. The van der Waals surface area contributed by atoms with Crippen molar-refractivity contribution in [3.63, 3.8) is 0 Å². The molecule has 12 heteroatoms. The molecule has 1 aromatic carbocycles. The molecule has 1 atom stereocenters. The lowest BCUT2D eigenvalue weighted by Gasteiger charge is -2.27. The first-order chi connectivity index (χ1) is 12.3. The summed E-state index contributed by atoms with van der Waals surface area (Å²) in [7, 11) is -4.15. The van der Waals surface area contributed by atoms with E-state index in [4.69, 9.17) is 22.7 Å². The number of nitrogens with one attached hydrogen (secondary N) is 3. The van der Waals surface area contributed by atoms with Gasteiger partial charge in [0, 0.05) is 17.0 Å². The van der Waals surface area contributed by atoms with Crippen molar-refractivity contribution >= 4 is 62.6 Å². The van der Waals surface area contributed by atoms with Crippen molar-refractivity contribution in [1.29, 1.82) is 5.41 Å². The van der Waals surface area contributed by atoms with Gasteiger partial charge in [-0.1, -0.05) is 38.4 Å². The van der Waals surface area contributed by atoms with Crippen molar-refractivity contribution < 1.29 is 18.3 Å². The molecule has 2 rings (SSSR count). The molecular formula is C16H21Cl2N5O4S. The van der Waals surface area contributed by atoms with Crippen molar-refractivity contribution in [2.45, 2.75) is 31.7 Å². The van der Waals surface area contributed by atoms with Crippen molar-refractivity contribution in [1.82, 2.24) is 9.71 Å². The minimum absolute atomic E-state index is 0. The molecule has 0 aliphatic rings. The fourth-order valence-corrected chi connectivity index (χ4v) is 4.04. The number of sulfonamides is 1. The highest BCUT2D eigenvalue weighted by Crippen LogP contribution is 2.30. The van der Waals surface area contributed by atoms with E-state index in [1.54, 1.807) is 20.8 Å². The van der Waals surface area contributed by atoms with E-state index in [1.165, 1.54) is 24.4 Å². The highest BCUT2D eigenvalue weighted by molar-refractivity contribution is 7.89. The second-order valence-electron chi connectivity index (χ2n) is 6.96. The molecule has 28 heavy (non-hydrogen) atoms. The molecule has 1 aromatic heterocycles. The van der Waals surface area contributed by atoms with Crippen LogP contribution in [0.25, 0.3) is 10.8 Å². The summed E-state index contributed by atoms with van der Waals surface area (Å²) in [6.07, 6.45) is 1.35. The molecule has 0 aliphatic carbocycles. The number of carbonyl (C=O) groups is 1. The summed E-state index contributed by atoms with van der Waals surface area (Å²) < 4.78 is 27.7. The number of pyridine rings is 1. The Hall–Kier alpha value is -2.14. The van der Waals surface area contributed by atoms with Gasteiger partial charge < -0.3 is 16.2 Å². The Bertz CT molecular complexity index is 1020. The van der Waals surface area contributed by atoms with E-state index in [9.17, 15) is 18.3 Å².